The van der Waals surface area contributed by atoms with Crippen LogP contribution in [-0.2, 0) is 0 Å². The summed E-state index contributed by atoms with van der Waals surface area (Å²) in [5, 5.41) is 2.83. The number of nitrogens with zero attached hydrogens (tertiary/aromatic N) is 1. The van der Waals surface area contributed by atoms with Gasteiger partial charge < -0.3 is 15.0 Å². The highest BCUT2D eigenvalue weighted by molar-refractivity contribution is 5.89. The largest absolute Gasteiger partial charge is 0.494 e. The number of carbonyl (C=O) groups is 1. The summed E-state index contributed by atoms with van der Waals surface area (Å²) in [6.45, 7) is 3.10. The first-order valence-corrected chi connectivity index (χ1v) is 8.25. The number of hydrogen-bond donors (Lipinski definition) is 1. The number of urea groups is 1. The molecule has 0 aromatic heterocycles. The van der Waals surface area contributed by atoms with Gasteiger partial charge in [0.2, 0.25) is 0 Å². The minimum atomic E-state index is -0.131. The number of carbonyl (C=O) groups excluding carboxylic acids is 1. The van der Waals surface area contributed by atoms with Crippen molar-refractivity contribution in [1.82, 2.24) is 4.90 Å². The third-order valence-electron chi connectivity index (χ3n) is 4.33. The summed E-state index contributed by atoms with van der Waals surface area (Å²) in [7, 11) is 3.45. The maximum atomic E-state index is 11.6. The Labute approximate surface area is 133 Å². The Kier molecular flexibility index (Phi) is 6.10. The molecule has 1 aromatic carbocycles. The van der Waals surface area contributed by atoms with Crippen LogP contribution in [0.5, 0.6) is 5.75 Å². The zero-order chi connectivity index (χ0) is 15.9. The van der Waals surface area contributed by atoms with Gasteiger partial charge in [0.1, 0.15) is 5.75 Å². The molecule has 0 bridgehead atoms. The second-order valence-electron chi connectivity index (χ2n) is 6.63. The number of nitrogens with one attached hydrogen (secondary N) is 1. The molecule has 2 amide bonds. The van der Waals surface area contributed by atoms with Crippen molar-refractivity contribution in [2.24, 2.45) is 11.8 Å². The lowest BCUT2D eigenvalue weighted by Gasteiger charge is -2.26. The molecule has 1 N–H and O–H groups in total. The van der Waals surface area contributed by atoms with Gasteiger partial charge in [0.15, 0.2) is 0 Å². The third kappa shape index (κ3) is 5.24. The molecule has 0 saturated heterocycles. The van der Waals surface area contributed by atoms with Crippen LogP contribution in [0.15, 0.2) is 24.3 Å². The van der Waals surface area contributed by atoms with Gasteiger partial charge in [-0.3, -0.25) is 0 Å². The van der Waals surface area contributed by atoms with Crippen LogP contribution in [0.1, 0.15) is 39.0 Å². The summed E-state index contributed by atoms with van der Waals surface area (Å²) >= 11 is 0. The van der Waals surface area contributed by atoms with Crippen LogP contribution in [0.2, 0.25) is 0 Å². The maximum Gasteiger partial charge on any atom is 0.321 e. The number of amides is 2. The fourth-order valence-corrected chi connectivity index (χ4v) is 3.06. The van der Waals surface area contributed by atoms with E-state index in [2.05, 4.69) is 12.2 Å². The van der Waals surface area contributed by atoms with Crippen LogP contribution in [0.3, 0.4) is 0 Å². The molecule has 2 rings (SSSR count). The van der Waals surface area contributed by atoms with Crippen LogP contribution >= 0.6 is 0 Å². The molecule has 4 nitrogen and oxygen atoms in total. The van der Waals surface area contributed by atoms with Crippen molar-refractivity contribution < 1.29 is 9.53 Å². The first-order chi connectivity index (χ1) is 10.5. The predicted molar refractivity (Wildman–Crippen MR) is 90.4 cm³/mol. The summed E-state index contributed by atoms with van der Waals surface area (Å²) in [4.78, 5) is 13.2. The Morgan fingerprint density at radius 1 is 1.36 bits per heavy atom. The minimum absolute atomic E-state index is 0.131. The van der Waals surface area contributed by atoms with Gasteiger partial charge in [0.05, 0.1) is 6.61 Å². The molecule has 0 spiro atoms. The normalized spacial score (nSPS) is 21.2. The second-order valence-corrected chi connectivity index (χ2v) is 6.63. The lowest BCUT2D eigenvalue weighted by Crippen LogP contribution is -2.27. The molecule has 1 aliphatic carbocycles. The summed E-state index contributed by atoms with van der Waals surface area (Å²) in [5.41, 5.74) is 0.766. The molecule has 0 aliphatic heterocycles. The van der Waals surface area contributed by atoms with Crippen molar-refractivity contribution in [1.29, 1.82) is 0 Å². The average Bonchev–Trinajstić information content (AvgIpc) is 2.47. The monoisotopic (exact) mass is 304 g/mol. The second kappa shape index (κ2) is 8.06. The van der Waals surface area contributed by atoms with Gasteiger partial charge in [0.25, 0.3) is 0 Å². The highest BCUT2D eigenvalue weighted by atomic mass is 16.5. The standard InChI is InChI=1S/C18H28N2O2/c1-14-6-4-7-15(12-14)10-11-22-17-9-5-8-16(13-17)19-18(21)20(2)3/h5,8-9,13-15H,4,6-7,10-12H2,1-3H3,(H,19,21). The van der Waals surface area contributed by atoms with Crippen molar-refractivity contribution in [3.8, 4) is 5.75 Å². The van der Waals surface area contributed by atoms with Gasteiger partial charge in [-0.05, 0) is 36.8 Å². The van der Waals surface area contributed by atoms with E-state index in [0.29, 0.717) is 0 Å². The van der Waals surface area contributed by atoms with E-state index in [1.165, 1.54) is 30.6 Å². The fourth-order valence-electron chi connectivity index (χ4n) is 3.06. The molecule has 1 saturated carbocycles. The molecule has 4 heteroatoms. The average molecular weight is 304 g/mol. The van der Waals surface area contributed by atoms with Gasteiger partial charge in [-0.15, -0.1) is 0 Å². The number of rotatable bonds is 5. The Bertz CT molecular complexity index is 488. The van der Waals surface area contributed by atoms with E-state index in [-0.39, 0.29) is 6.03 Å². The van der Waals surface area contributed by atoms with E-state index in [4.69, 9.17) is 4.74 Å². The SMILES string of the molecule is CC1CCCC(CCOc2cccc(NC(=O)N(C)C)c2)C1. The summed E-state index contributed by atoms with van der Waals surface area (Å²) < 4.78 is 5.86. The topological polar surface area (TPSA) is 41.6 Å². The highest BCUT2D eigenvalue weighted by Crippen LogP contribution is 2.30. The Balaban J connectivity index is 1.79. The van der Waals surface area contributed by atoms with E-state index in [9.17, 15) is 4.79 Å². The molecule has 122 valence electrons. The van der Waals surface area contributed by atoms with Crippen LogP contribution in [-0.4, -0.2) is 31.6 Å². The van der Waals surface area contributed by atoms with Crippen molar-refractivity contribution in [3.05, 3.63) is 24.3 Å². The third-order valence-corrected chi connectivity index (χ3v) is 4.33. The first kappa shape index (κ1) is 16.7. The molecule has 22 heavy (non-hydrogen) atoms. The number of ether oxygens (including phenoxy) is 1. The molecular formula is C18H28N2O2. The summed E-state index contributed by atoms with van der Waals surface area (Å²) in [5.74, 6) is 2.49. The first-order valence-electron chi connectivity index (χ1n) is 8.25. The lowest BCUT2D eigenvalue weighted by molar-refractivity contribution is 0.218. The maximum absolute atomic E-state index is 11.6. The van der Waals surface area contributed by atoms with Gasteiger partial charge in [-0.25, -0.2) is 4.79 Å². The van der Waals surface area contributed by atoms with Crippen LogP contribution < -0.4 is 10.1 Å². The Morgan fingerprint density at radius 3 is 2.91 bits per heavy atom. The van der Waals surface area contributed by atoms with Crippen molar-refractivity contribution >= 4 is 11.7 Å². The Hall–Kier alpha value is -1.71. The molecule has 1 aliphatic rings. The number of anilines is 1. The Morgan fingerprint density at radius 2 is 2.18 bits per heavy atom. The van der Waals surface area contributed by atoms with Crippen molar-refractivity contribution in [2.75, 3.05) is 26.0 Å². The molecular weight excluding hydrogens is 276 g/mol. The van der Waals surface area contributed by atoms with E-state index >= 15 is 0 Å². The fraction of sp³-hybridized carbons (Fsp3) is 0.611. The van der Waals surface area contributed by atoms with Gasteiger partial charge in [0, 0.05) is 25.8 Å². The van der Waals surface area contributed by atoms with E-state index in [1.807, 2.05) is 24.3 Å². The van der Waals surface area contributed by atoms with Gasteiger partial charge in [-0.1, -0.05) is 32.3 Å². The predicted octanol–water partition coefficient (Wildman–Crippen LogP) is 4.38. The molecule has 2 atom stereocenters. The lowest BCUT2D eigenvalue weighted by atomic mass is 9.81. The zero-order valence-corrected chi connectivity index (χ0v) is 14.0. The quantitative estimate of drug-likeness (QED) is 0.877. The molecule has 2 unspecified atom stereocenters. The minimum Gasteiger partial charge on any atom is -0.494 e. The van der Waals surface area contributed by atoms with Crippen LogP contribution in [0, 0.1) is 11.8 Å². The van der Waals surface area contributed by atoms with E-state index in [1.54, 1.807) is 14.1 Å². The molecule has 0 heterocycles. The van der Waals surface area contributed by atoms with E-state index in [0.717, 1.165) is 36.3 Å². The highest BCUT2D eigenvalue weighted by Gasteiger charge is 2.18. The zero-order valence-electron chi connectivity index (χ0n) is 14.0. The molecule has 1 aromatic rings. The number of benzene rings is 1. The molecule has 0 radical (unpaired) electrons. The van der Waals surface area contributed by atoms with Crippen molar-refractivity contribution in [3.63, 3.8) is 0 Å². The van der Waals surface area contributed by atoms with Crippen LogP contribution in [0.4, 0.5) is 10.5 Å². The van der Waals surface area contributed by atoms with Gasteiger partial charge >= 0.3 is 6.03 Å². The summed E-state index contributed by atoms with van der Waals surface area (Å²) in [6, 6.07) is 7.47. The van der Waals surface area contributed by atoms with Gasteiger partial charge in [-0.2, -0.15) is 0 Å². The molecule has 1 fully saturated rings. The van der Waals surface area contributed by atoms with E-state index < -0.39 is 0 Å². The smallest absolute Gasteiger partial charge is 0.321 e. The van der Waals surface area contributed by atoms with Crippen molar-refractivity contribution in [2.45, 2.75) is 39.0 Å². The van der Waals surface area contributed by atoms with Crippen LogP contribution in [0.25, 0.3) is 0 Å². The summed E-state index contributed by atoms with van der Waals surface area (Å²) in [6.07, 6.45) is 6.54. The number of hydrogen-bond acceptors (Lipinski definition) is 2.